The Morgan fingerprint density at radius 3 is 2.39 bits per heavy atom. The lowest BCUT2D eigenvalue weighted by molar-refractivity contribution is 0.281. The second kappa shape index (κ2) is 3.60. The zero-order valence-corrected chi connectivity index (χ0v) is 11.0. The molecule has 91 valence electrons. The zero-order valence-electron chi connectivity index (χ0n) is 11.0. The Morgan fingerprint density at radius 1 is 1.06 bits per heavy atom. The molecule has 2 bridgehead atoms. The Labute approximate surface area is 109 Å². The molecule has 4 aliphatic rings. The summed E-state index contributed by atoms with van der Waals surface area (Å²) in [5, 5.41) is 0. The fourth-order valence-corrected chi connectivity index (χ4v) is 4.39. The van der Waals surface area contributed by atoms with Crippen molar-refractivity contribution in [2.45, 2.75) is 39.0 Å². The Bertz CT molecular complexity index is 539. The van der Waals surface area contributed by atoms with Crippen molar-refractivity contribution < 1.29 is 0 Å². The van der Waals surface area contributed by atoms with Crippen molar-refractivity contribution in [1.82, 2.24) is 0 Å². The maximum absolute atomic E-state index is 3.74. The van der Waals surface area contributed by atoms with Gasteiger partial charge >= 0.3 is 0 Å². The second-order valence-corrected chi connectivity index (χ2v) is 6.04. The van der Waals surface area contributed by atoms with Gasteiger partial charge in [-0.1, -0.05) is 56.5 Å². The number of allylic oxidation sites excluding steroid dienone is 4. The molecule has 0 heterocycles. The van der Waals surface area contributed by atoms with Crippen molar-refractivity contribution in [3.8, 4) is 0 Å². The Hall–Kier alpha value is -1.30. The summed E-state index contributed by atoms with van der Waals surface area (Å²) in [5.41, 5.74) is 6.70. The van der Waals surface area contributed by atoms with E-state index in [0.29, 0.717) is 11.3 Å². The molecule has 1 unspecified atom stereocenters. The first-order valence-electron chi connectivity index (χ1n) is 7.27. The lowest BCUT2D eigenvalue weighted by Crippen LogP contribution is -2.35. The fourth-order valence-electron chi connectivity index (χ4n) is 4.39. The standard InChI is InChI=1S/C18H19/c1-13-12-15-16(14-8-4-2-5-9-14)17(13)18(15)10-6-3-7-11-18/h2,4-5,8-9,13H,3,6-7,10-11H2,1H3. The van der Waals surface area contributed by atoms with Crippen molar-refractivity contribution in [1.29, 1.82) is 0 Å². The van der Waals surface area contributed by atoms with E-state index in [9.17, 15) is 0 Å². The first-order chi connectivity index (χ1) is 8.83. The van der Waals surface area contributed by atoms with E-state index in [2.05, 4.69) is 43.3 Å². The van der Waals surface area contributed by atoms with Gasteiger partial charge in [0.25, 0.3) is 0 Å². The molecule has 18 heavy (non-hydrogen) atoms. The number of rotatable bonds is 1. The third-order valence-electron chi connectivity index (χ3n) is 5.08. The van der Waals surface area contributed by atoms with Gasteiger partial charge in [0, 0.05) is 11.3 Å². The largest absolute Gasteiger partial charge is 0.0622 e. The molecule has 1 aromatic carbocycles. The van der Waals surface area contributed by atoms with Crippen molar-refractivity contribution >= 4 is 5.57 Å². The van der Waals surface area contributed by atoms with Crippen LogP contribution in [0.4, 0.5) is 0 Å². The molecular formula is C18H19. The average Bonchev–Trinajstić information content (AvgIpc) is 2.92. The normalized spacial score (nSPS) is 28.3. The molecule has 1 atom stereocenters. The quantitative estimate of drug-likeness (QED) is 0.657. The van der Waals surface area contributed by atoms with Crippen LogP contribution in [-0.2, 0) is 0 Å². The molecule has 4 aliphatic carbocycles. The van der Waals surface area contributed by atoms with Gasteiger partial charge in [-0.15, -0.1) is 0 Å². The van der Waals surface area contributed by atoms with Crippen molar-refractivity contribution in [2.75, 3.05) is 0 Å². The lowest BCUT2D eigenvalue weighted by atomic mass is 9.55. The molecule has 1 aromatic rings. The lowest BCUT2D eigenvalue weighted by Gasteiger charge is -2.48. The first kappa shape index (κ1) is 10.6. The summed E-state index contributed by atoms with van der Waals surface area (Å²) in [5.74, 6) is 0.563. The topological polar surface area (TPSA) is 0 Å². The molecule has 1 saturated carbocycles. The third-order valence-corrected chi connectivity index (χ3v) is 5.08. The number of hydrogen-bond donors (Lipinski definition) is 0. The van der Waals surface area contributed by atoms with Crippen molar-refractivity contribution in [2.24, 2.45) is 11.3 Å². The van der Waals surface area contributed by atoms with Crippen LogP contribution in [0.5, 0.6) is 0 Å². The second-order valence-electron chi connectivity index (χ2n) is 6.04. The summed E-state index contributed by atoms with van der Waals surface area (Å²) in [7, 11) is 0. The highest BCUT2D eigenvalue weighted by Crippen LogP contribution is 2.68. The number of benzene rings is 1. The van der Waals surface area contributed by atoms with Gasteiger partial charge in [0.1, 0.15) is 0 Å². The van der Waals surface area contributed by atoms with Crippen LogP contribution in [0, 0.1) is 17.4 Å². The highest BCUT2D eigenvalue weighted by Gasteiger charge is 2.55. The fraction of sp³-hybridized carbons (Fsp3) is 0.444. The Kier molecular flexibility index (Phi) is 2.12. The molecule has 5 rings (SSSR count). The van der Waals surface area contributed by atoms with E-state index in [4.69, 9.17) is 0 Å². The molecular weight excluding hydrogens is 216 g/mol. The summed E-state index contributed by atoms with van der Waals surface area (Å²) < 4.78 is 0. The molecule has 1 radical (unpaired) electrons. The van der Waals surface area contributed by atoms with Crippen molar-refractivity contribution in [3.05, 3.63) is 53.1 Å². The summed E-state index contributed by atoms with van der Waals surface area (Å²) in [6.45, 7) is 2.33. The molecule has 0 saturated heterocycles. The summed E-state index contributed by atoms with van der Waals surface area (Å²) in [6, 6.07) is 10.9. The molecule has 1 fully saturated rings. The van der Waals surface area contributed by atoms with Crippen LogP contribution in [0.15, 0.2) is 41.5 Å². The van der Waals surface area contributed by atoms with E-state index in [1.54, 1.807) is 16.7 Å². The van der Waals surface area contributed by atoms with Crippen LogP contribution in [0.25, 0.3) is 5.57 Å². The van der Waals surface area contributed by atoms with Crippen LogP contribution in [0.1, 0.15) is 44.6 Å². The summed E-state index contributed by atoms with van der Waals surface area (Å²) >= 11 is 0. The van der Waals surface area contributed by atoms with E-state index in [0.717, 1.165) is 0 Å². The minimum Gasteiger partial charge on any atom is -0.0622 e. The van der Waals surface area contributed by atoms with E-state index in [1.165, 1.54) is 37.7 Å². The van der Waals surface area contributed by atoms with E-state index in [-0.39, 0.29) is 0 Å². The summed E-state index contributed by atoms with van der Waals surface area (Å²) in [4.78, 5) is 0. The molecule has 0 amide bonds. The molecule has 0 N–H and O–H groups in total. The van der Waals surface area contributed by atoms with Gasteiger partial charge in [0.2, 0.25) is 0 Å². The third kappa shape index (κ3) is 1.16. The highest BCUT2D eigenvalue weighted by molar-refractivity contribution is 5.94. The summed E-state index contributed by atoms with van der Waals surface area (Å²) in [6.07, 6.45) is 10.7. The Morgan fingerprint density at radius 2 is 1.78 bits per heavy atom. The van der Waals surface area contributed by atoms with Gasteiger partial charge < -0.3 is 0 Å². The predicted molar refractivity (Wildman–Crippen MR) is 74.8 cm³/mol. The van der Waals surface area contributed by atoms with Gasteiger partial charge in [-0.3, -0.25) is 0 Å². The minimum absolute atomic E-state index is 0.461. The minimum atomic E-state index is 0.461. The zero-order chi connectivity index (χ0) is 12.2. The number of hydrogen-bond acceptors (Lipinski definition) is 0. The van der Waals surface area contributed by atoms with Gasteiger partial charge in [0.15, 0.2) is 0 Å². The van der Waals surface area contributed by atoms with Crippen LogP contribution in [-0.4, -0.2) is 0 Å². The SMILES string of the molecule is CC1[C]=C2C(c3ccccc3)=C1C21CCCCC1. The molecule has 1 spiro atoms. The molecule has 0 aromatic heterocycles. The smallest absolute Gasteiger partial charge is 0.0186 e. The van der Waals surface area contributed by atoms with Crippen LogP contribution >= 0.6 is 0 Å². The first-order valence-corrected chi connectivity index (χ1v) is 7.27. The van der Waals surface area contributed by atoms with Crippen LogP contribution in [0.3, 0.4) is 0 Å². The van der Waals surface area contributed by atoms with Gasteiger partial charge in [-0.2, -0.15) is 0 Å². The van der Waals surface area contributed by atoms with Crippen LogP contribution < -0.4 is 0 Å². The van der Waals surface area contributed by atoms with Gasteiger partial charge in [-0.05, 0) is 41.2 Å². The Balaban J connectivity index is 1.82. The molecule has 0 heteroatoms. The van der Waals surface area contributed by atoms with E-state index in [1.807, 2.05) is 0 Å². The van der Waals surface area contributed by atoms with Crippen LogP contribution in [0.2, 0.25) is 0 Å². The highest BCUT2D eigenvalue weighted by atomic mass is 14.6. The molecule has 0 aliphatic heterocycles. The predicted octanol–water partition coefficient (Wildman–Crippen LogP) is 4.78. The monoisotopic (exact) mass is 235 g/mol. The maximum Gasteiger partial charge on any atom is 0.0186 e. The van der Waals surface area contributed by atoms with Gasteiger partial charge in [-0.25, -0.2) is 0 Å². The van der Waals surface area contributed by atoms with E-state index >= 15 is 0 Å². The maximum atomic E-state index is 3.74. The average molecular weight is 235 g/mol. The number of fused-ring (bicyclic) bond motifs is 1. The van der Waals surface area contributed by atoms with E-state index < -0.39 is 0 Å². The van der Waals surface area contributed by atoms with Crippen molar-refractivity contribution in [3.63, 3.8) is 0 Å². The van der Waals surface area contributed by atoms with Gasteiger partial charge in [0.05, 0.1) is 0 Å². The molecule has 0 nitrogen and oxygen atoms in total.